The second-order valence-corrected chi connectivity index (χ2v) is 24.6. The first-order valence-corrected chi connectivity index (χ1v) is 27.4. The lowest BCUT2D eigenvalue weighted by atomic mass is 9.66. The van der Waals surface area contributed by atoms with Crippen LogP contribution in [0.15, 0.2) is 0 Å². The Morgan fingerprint density at radius 3 is 1.31 bits per heavy atom. The third-order valence-electron chi connectivity index (χ3n) is 21.1. The van der Waals surface area contributed by atoms with E-state index in [0.717, 1.165) is 126 Å². The van der Waals surface area contributed by atoms with E-state index >= 15 is 0 Å². The third kappa shape index (κ3) is 4.63. The summed E-state index contributed by atoms with van der Waals surface area (Å²) < 4.78 is 1.81. The van der Waals surface area contributed by atoms with Crippen LogP contribution < -0.4 is 5.46 Å². The van der Waals surface area contributed by atoms with E-state index in [2.05, 4.69) is 96.9 Å². The maximum atomic E-state index is 13.5. The van der Waals surface area contributed by atoms with Gasteiger partial charge in [0.2, 0.25) is 0 Å². The highest BCUT2D eigenvalue weighted by Gasteiger charge is 2.43. The van der Waals surface area contributed by atoms with Crippen LogP contribution in [0.5, 0.6) is 23.0 Å². The Labute approximate surface area is 437 Å². The zero-order valence-electron chi connectivity index (χ0n) is 45.3. The van der Waals surface area contributed by atoms with E-state index in [1.165, 1.54) is 122 Å². The van der Waals surface area contributed by atoms with Gasteiger partial charge in [-0.15, -0.1) is 11.3 Å². The highest BCUT2D eigenvalue weighted by molar-refractivity contribution is 7.25. The highest BCUT2D eigenvalue weighted by atomic mass is 32.1. The van der Waals surface area contributed by atoms with E-state index in [4.69, 9.17) is 7.85 Å². The van der Waals surface area contributed by atoms with E-state index in [9.17, 15) is 20.4 Å². The van der Waals surface area contributed by atoms with Crippen molar-refractivity contribution in [2.75, 3.05) is 0 Å². The van der Waals surface area contributed by atoms with Gasteiger partial charge < -0.3 is 20.4 Å². The summed E-state index contributed by atoms with van der Waals surface area (Å²) in [6, 6.07) is 0. The molecule has 1 aromatic heterocycles. The van der Waals surface area contributed by atoms with Crippen molar-refractivity contribution in [3.05, 3.63) is 139 Å². The maximum Gasteiger partial charge on any atom is 0.136 e. The first-order chi connectivity index (χ1) is 35.1. The summed E-state index contributed by atoms with van der Waals surface area (Å²) in [5.41, 5.74) is 38.7. The molecule has 15 rings (SSSR count). The largest absolute Gasteiger partial charge is 0.507 e. The number of phenols is 4. The van der Waals surface area contributed by atoms with Gasteiger partial charge in [-0.1, -0.05) is 11.0 Å². The fourth-order valence-electron chi connectivity index (χ4n) is 16.4. The molecule has 0 aliphatic heterocycles. The molecular weight excluding hydrogens is 924 g/mol. The summed E-state index contributed by atoms with van der Waals surface area (Å²) in [5, 5.41) is 59.8. The first-order valence-electron chi connectivity index (χ1n) is 26.6. The van der Waals surface area contributed by atoms with Crippen LogP contribution in [0.2, 0.25) is 0 Å². The molecule has 2 radical (unpaired) electrons. The lowest BCUT2D eigenvalue weighted by molar-refractivity contribution is 0.465. The average molecular weight is 983 g/mol. The smallest absolute Gasteiger partial charge is 0.136 e. The first kappa shape index (κ1) is 44.7. The molecule has 5 aliphatic rings. The average Bonchev–Trinajstić information content (AvgIpc) is 3.90. The van der Waals surface area contributed by atoms with Crippen LogP contribution in [0.1, 0.15) is 139 Å². The van der Waals surface area contributed by atoms with E-state index < -0.39 is 0 Å². The molecule has 74 heavy (non-hydrogen) atoms. The number of aryl methyl sites for hydroxylation is 4. The van der Waals surface area contributed by atoms with Gasteiger partial charge >= 0.3 is 0 Å². The van der Waals surface area contributed by atoms with Crippen molar-refractivity contribution in [2.24, 2.45) is 0 Å². The van der Waals surface area contributed by atoms with Crippen molar-refractivity contribution in [3.63, 3.8) is 0 Å². The predicted octanol–water partition coefficient (Wildman–Crippen LogP) is 15.9. The molecular formula is C68H59BO4S. The monoisotopic (exact) mass is 982 g/mol. The van der Waals surface area contributed by atoms with Gasteiger partial charge in [-0.3, -0.25) is 0 Å². The SMILES string of the molecule is [B]c1c(C)c(C)c2c3c4c5c(c(O)c(C)c6sc7c(O)c(C)c(C)c8c(C)c(C)c(C)c(c78)c(c13)c65)Cc1c(C)c(-c3c(C)c5c6c(c3O)Cc3c(C)c(C)c(C)c7c3-c3c(c(O)c(C)c(c3-6)C5)C7)c(C)c(c1-4)C2. The van der Waals surface area contributed by atoms with Crippen molar-refractivity contribution < 1.29 is 20.4 Å². The zero-order valence-corrected chi connectivity index (χ0v) is 46.1. The van der Waals surface area contributed by atoms with Crippen molar-refractivity contribution in [1.29, 1.82) is 0 Å². The van der Waals surface area contributed by atoms with Gasteiger partial charge in [-0.25, -0.2) is 0 Å². The number of hydrogen-bond acceptors (Lipinski definition) is 5. The molecule has 10 aromatic rings. The zero-order chi connectivity index (χ0) is 52.0. The molecule has 6 heteroatoms. The van der Waals surface area contributed by atoms with Crippen LogP contribution in [-0.2, 0) is 32.1 Å². The molecule has 0 fully saturated rings. The number of hydrogen-bond donors (Lipinski definition) is 4. The second kappa shape index (κ2) is 13.7. The number of benzene rings is 9. The fourth-order valence-corrected chi connectivity index (χ4v) is 17.7. The second-order valence-electron chi connectivity index (χ2n) is 23.6. The van der Waals surface area contributed by atoms with Crippen LogP contribution in [0.25, 0.3) is 97.0 Å². The Bertz CT molecular complexity index is 4620. The van der Waals surface area contributed by atoms with Gasteiger partial charge in [0.25, 0.3) is 0 Å². The van der Waals surface area contributed by atoms with Gasteiger partial charge in [0.1, 0.15) is 30.8 Å². The number of aromatic hydroxyl groups is 4. The number of phenolic OH excluding ortho intramolecular Hbond substituents is 4. The molecule has 0 atom stereocenters. The van der Waals surface area contributed by atoms with Crippen LogP contribution in [0, 0.1) is 104 Å². The van der Waals surface area contributed by atoms with Crippen molar-refractivity contribution in [2.45, 2.75) is 136 Å². The minimum atomic E-state index is 0.301. The van der Waals surface area contributed by atoms with Gasteiger partial charge in [0.05, 0.1) is 4.70 Å². The summed E-state index contributed by atoms with van der Waals surface area (Å²) in [6.45, 7) is 33.0. The molecule has 0 unspecified atom stereocenters. The van der Waals surface area contributed by atoms with Gasteiger partial charge in [-0.05, 0) is 299 Å². The van der Waals surface area contributed by atoms with E-state index in [1.807, 2.05) is 6.92 Å². The lowest BCUT2D eigenvalue weighted by Gasteiger charge is -2.36. The summed E-state index contributed by atoms with van der Waals surface area (Å²) >= 11 is 1.61. The highest BCUT2D eigenvalue weighted by Crippen LogP contribution is 2.64. The Kier molecular flexibility index (Phi) is 8.30. The van der Waals surface area contributed by atoms with Crippen LogP contribution in [0.4, 0.5) is 0 Å². The topological polar surface area (TPSA) is 80.9 Å². The molecule has 4 N–H and O–H groups in total. The fraction of sp³-hybridized carbons (Fsp3) is 0.294. The maximum absolute atomic E-state index is 13.5. The summed E-state index contributed by atoms with van der Waals surface area (Å²) in [7, 11) is 7.67. The minimum Gasteiger partial charge on any atom is -0.507 e. The van der Waals surface area contributed by atoms with E-state index in [1.54, 1.807) is 11.3 Å². The van der Waals surface area contributed by atoms with Gasteiger partial charge in [-0.2, -0.15) is 0 Å². The van der Waals surface area contributed by atoms with Crippen LogP contribution in [0.3, 0.4) is 0 Å². The number of fused-ring (bicyclic) bond motifs is 2. The Morgan fingerprint density at radius 1 is 0.243 bits per heavy atom. The molecule has 0 saturated heterocycles. The summed E-state index contributed by atoms with van der Waals surface area (Å²) in [6.07, 6.45) is 3.29. The van der Waals surface area contributed by atoms with E-state index in [0.29, 0.717) is 48.7 Å². The molecule has 364 valence electrons. The van der Waals surface area contributed by atoms with Crippen molar-refractivity contribution in [1.82, 2.24) is 0 Å². The van der Waals surface area contributed by atoms with E-state index in [-0.39, 0.29) is 0 Å². The Morgan fingerprint density at radius 2 is 0.662 bits per heavy atom. The van der Waals surface area contributed by atoms with Crippen LogP contribution in [-0.4, -0.2) is 28.3 Å². The van der Waals surface area contributed by atoms with Crippen molar-refractivity contribution >= 4 is 77.1 Å². The van der Waals surface area contributed by atoms with Crippen molar-refractivity contribution in [3.8, 4) is 67.5 Å². The van der Waals surface area contributed by atoms with Gasteiger partial charge in [0, 0.05) is 62.6 Å². The predicted molar refractivity (Wildman–Crippen MR) is 311 cm³/mol. The number of rotatable bonds is 1. The molecule has 0 bridgehead atoms. The summed E-state index contributed by atoms with van der Waals surface area (Å²) in [4.78, 5) is 0. The quantitative estimate of drug-likeness (QED) is 0.0976. The lowest BCUT2D eigenvalue weighted by Crippen LogP contribution is -2.20. The Balaban J connectivity index is 1.11. The molecule has 0 amide bonds. The molecule has 1 heterocycles. The Hall–Kier alpha value is -6.76. The molecule has 4 nitrogen and oxygen atoms in total. The molecule has 0 saturated carbocycles. The van der Waals surface area contributed by atoms with Gasteiger partial charge in [0.15, 0.2) is 0 Å². The third-order valence-corrected chi connectivity index (χ3v) is 22.4. The molecule has 9 aromatic carbocycles. The molecule has 0 spiro atoms. The standard InChI is InChI=1S/C68H59BO4S/c1-21-23(3)36-18-43-52-40(17-42-34(14)63(70)44-19-37(24(21)4)50(36)55(44)53(42)52)33(13)49(66(43)73)47-31(11)39-16-38-25(5)29(9)62(69)59-54(38)58-51(39)41(32(47)12)20-45-56(58)61-57(59)48-27(7)22(2)26(6)46-28(8)30(10)65(72)68(60(46)48)74-67(61)35(15)64(45)71/h70-73H,16-20H2,1-15H3. The summed E-state index contributed by atoms with van der Waals surface area (Å²) in [5.74, 6) is 1.39. The minimum absolute atomic E-state index is 0.301. The molecule has 5 aliphatic carbocycles. The van der Waals surface area contributed by atoms with Crippen LogP contribution >= 0.6 is 11.3 Å². The normalized spacial score (nSPS) is 14.1.